The lowest BCUT2D eigenvalue weighted by molar-refractivity contribution is -0.112. The fourth-order valence-electron chi connectivity index (χ4n) is 2.81. The molecule has 0 spiro atoms. The summed E-state index contributed by atoms with van der Waals surface area (Å²) in [6, 6.07) is 13.5. The largest absolute Gasteiger partial charge is 0.493 e. The highest BCUT2D eigenvalue weighted by atomic mass is 16.5. The Morgan fingerprint density at radius 2 is 1.92 bits per heavy atom. The maximum Gasteiger partial charge on any atom is 0.258 e. The van der Waals surface area contributed by atoms with Crippen LogP contribution < -0.4 is 14.4 Å². The van der Waals surface area contributed by atoms with E-state index in [1.54, 1.807) is 19.1 Å². The summed E-state index contributed by atoms with van der Waals surface area (Å²) >= 11 is 0. The second-order valence-corrected chi connectivity index (χ2v) is 5.70. The lowest BCUT2D eigenvalue weighted by Gasteiger charge is -2.11. The summed E-state index contributed by atoms with van der Waals surface area (Å²) in [6.45, 7) is 2.71. The number of carbonyl (C=O) groups is 1. The van der Waals surface area contributed by atoms with E-state index in [-0.39, 0.29) is 5.91 Å². The van der Waals surface area contributed by atoms with E-state index in [1.807, 2.05) is 48.5 Å². The predicted molar refractivity (Wildman–Crippen MR) is 96.5 cm³/mol. The minimum absolute atomic E-state index is 0.00137. The van der Waals surface area contributed by atoms with Crippen molar-refractivity contribution in [1.82, 2.24) is 0 Å². The molecule has 4 nitrogen and oxygen atoms in total. The molecule has 0 radical (unpaired) electrons. The fourth-order valence-corrected chi connectivity index (χ4v) is 2.81. The molecule has 3 rings (SSSR count). The normalized spacial score (nSPS) is 14.9. The van der Waals surface area contributed by atoms with Crippen LogP contribution in [0, 0.1) is 0 Å². The number of ether oxygens (including phenoxy) is 2. The van der Waals surface area contributed by atoms with Gasteiger partial charge in [-0.15, -0.1) is 0 Å². The smallest absolute Gasteiger partial charge is 0.258 e. The number of para-hydroxylation sites is 1. The van der Waals surface area contributed by atoms with Gasteiger partial charge in [0, 0.05) is 18.2 Å². The van der Waals surface area contributed by atoms with Crippen LogP contribution in [0.25, 0.3) is 11.6 Å². The van der Waals surface area contributed by atoms with Gasteiger partial charge in [0.1, 0.15) is 0 Å². The van der Waals surface area contributed by atoms with E-state index in [1.165, 1.54) is 0 Å². The summed E-state index contributed by atoms with van der Waals surface area (Å²) in [7, 11) is 3.42. The van der Waals surface area contributed by atoms with E-state index >= 15 is 0 Å². The molecule has 0 saturated heterocycles. The van der Waals surface area contributed by atoms with Gasteiger partial charge >= 0.3 is 0 Å². The molecule has 0 atom stereocenters. The van der Waals surface area contributed by atoms with Gasteiger partial charge in [-0.05, 0) is 36.3 Å². The molecule has 0 unspecified atom stereocenters. The first-order valence-corrected chi connectivity index (χ1v) is 8.05. The molecule has 2 aromatic rings. The highest BCUT2D eigenvalue weighted by Gasteiger charge is 2.29. The van der Waals surface area contributed by atoms with Crippen molar-refractivity contribution in [1.29, 1.82) is 0 Å². The molecule has 124 valence electrons. The quantitative estimate of drug-likeness (QED) is 0.781. The maximum atomic E-state index is 12.5. The van der Waals surface area contributed by atoms with Crippen molar-refractivity contribution in [3.63, 3.8) is 0 Å². The topological polar surface area (TPSA) is 38.8 Å². The molecular formula is C20H21NO3. The van der Waals surface area contributed by atoms with Crippen LogP contribution in [-0.2, 0) is 4.79 Å². The summed E-state index contributed by atoms with van der Waals surface area (Å²) in [5.74, 6) is 1.39. The molecule has 0 aliphatic carbocycles. The van der Waals surface area contributed by atoms with Gasteiger partial charge in [0.2, 0.25) is 0 Å². The molecule has 0 fully saturated rings. The molecule has 24 heavy (non-hydrogen) atoms. The zero-order valence-corrected chi connectivity index (χ0v) is 14.2. The summed E-state index contributed by atoms with van der Waals surface area (Å²) in [5, 5.41) is 0. The number of anilines is 1. The van der Waals surface area contributed by atoms with Crippen LogP contribution in [0.1, 0.15) is 24.5 Å². The van der Waals surface area contributed by atoms with Crippen molar-refractivity contribution in [2.75, 3.05) is 25.7 Å². The Kier molecular flexibility index (Phi) is 4.56. The van der Waals surface area contributed by atoms with E-state index in [4.69, 9.17) is 9.47 Å². The van der Waals surface area contributed by atoms with E-state index < -0.39 is 0 Å². The highest BCUT2D eigenvalue weighted by Crippen LogP contribution is 2.37. The SMILES string of the molecule is CCCOc1ccc(/C=C2/C(=O)N(C)c3ccccc32)cc1OC. The molecule has 0 saturated carbocycles. The third kappa shape index (κ3) is 2.87. The lowest BCUT2D eigenvalue weighted by Crippen LogP contribution is -2.20. The van der Waals surface area contributed by atoms with E-state index in [2.05, 4.69) is 6.92 Å². The van der Waals surface area contributed by atoms with E-state index in [9.17, 15) is 4.79 Å². The molecule has 0 aromatic heterocycles. The molecule has 1 aliphatic rings. The van der Waals surface area contributed by atoms with Gasteiger partial charge in [-0.3, -0.25) is 4.79 Å². The Labute approximate surface area is 142 Å². The van der Waals surface area contributed by atoms with Gasteiger partial charge in [0.25, 0.3) is 5.91 Å². The lowest BCUT2D eigenvalue weighted by atomic mass is 10.0. The van der Waals surface area contributed by atoms with Gasteiger partial charge < -0.3 is 14.4 Å². The molecule has 1 heterocycles. The third-order valence-electron chi connectivity index (χ3n) is 4.05. The molecule has 4 heteroatoms. The van der Waals surface area contributed by atoms with Gasteiger partial charge in [0.15, 0.2) is 11.5 Å². The van der Waals surface area contributed by atoms with E-state index in [0.29, 0.717) is 17.9 Å². The van der Waals surface area contributed by atoms with Gasteiger partial charge in [-0.2, -0.15) is 0 Å². The number of carbonyl (C=O) groups excluding carboxylic acids is 1. The van der Waals surface area contributed by atoms with Crippen LogP contribution in [0.4, 0.5) is 5.69 Å². The summed E-state index contributed by atoms with van der Waals surface area (Å²) in [4.78, 5) is 14.2. The average molecular weight is 323 g/mol. The first-order valence-electron chi connectivity index (χ1n) is 8.05. The second-order valence-electron chi connectivity index (χ2n) is 5.70. The van der Waals surface area contributed by atoms with Crippen molar-refractivity contribution >= 4 is 23.2 Å². The fraction of sp³-hybridized carbons (Fsp3) is 0.250. The Bertz CT molecular complexity index is 795. The molecule has 0 N–H and O–H groups in total. The number of methoxy groups -OCH3 is 1. The number of amides is 1. The van der Waals surface area contributed by atoms with Crippen molar-refractivity contribution in [3.05, 3.63) is 53.6 Å². The zero-order chi connectivity index (χ0) is 17.1. The number of hydrogen-bond donors (Lipinski definition) is 0. The van der Waals surface area contributed by atoms with Gasteiger partial charge in [0.05, 0.1) is 19.4 Å². The Morgan fingerprint density at radius 1 is 1.12 bits per heavy atom. The van der Waals surface area contributed by atoms with Crippen LogP contribution in [0.5, 0.6) is 11.5 Å². The Hall–Kier alpha value is -2.75. The van der Waals surface area contributed by atoms with Crippen molar-refractivity contribution in [3.8, 4) is 11.5 Å². The van der Waals surface area contributed by atoms with Crippen LogP contribution in [-0.4, -0.2) is 26.7 Å². The summed E-state index contributed by atoms with van der Waals surface area (Å²) in [6.07, 6.45) is 2.84. The van der Waals surface area contributed by atoms with E-state index in [0.717, 1.165) is 29.0 Å². The van der Waals surface area contributed by atoms with Crippen LogP contribution in [0.2, 0.25) is 0 Å². The minimum Gasteiger partial charge on any atom is -0.493 e. The van der Waals surface area contributed by atoms with Crippen molar-refractivity contribution in [2.45, 2.75) is 13.3 Å². The number of likely N-dealkylation sites (N-methyl/N-ethyl adjacent to an activating group) is 1. The minimum atomic E-state index is 0.00137. The molecule has 1 aliphatic heterocycles. The first-order chi connectivity index (χ1) is 11.7. The number of fused-ring (bicyclic) bond motifs is 1. The van der Waals surface area contributed by atoms with Gasteiger partial charge in [-0.1, -0.05) is 31.2 Å². The number of rotatable bonds is 5. The Balaban J connectivity index is 1.98. The third-order valence-corrected chi connectivity index (χ3v) is 4.05. The number of nitrogens with zero attached hydrogens (tertiary/aromatic N) is 1. The second kappa shape index (κ2) is 6.79. The molecular weight excluding hydrogens is 302 g/mol. The molecule has 2 aromatic carbocycles. The average Bonchev–Trinajstić information content (AvgIpc) is 2.86. The Morgan fingerprint density at radius 3 is 2.67 bits per heavy atom. The number of hydrogen-bond acceptors (Lipinski definition) is 3. The first kappa shape index (κ1) is 16.1. The summed E-state index contributed by atoms with van der Waals surface area (Å²) in [5.41, 5.74) is 3.49. The van der Waals surface area contributed by atoms with Crippen LogP contribution in [0.3, 0.4) is 0 Å². The summed E-state index contributed by atoms with van der Waals surface area (Å²) < 4.78 is 11.1. The highest BCUT2D eigenvalue weighted by molar-refractivity contribution is 6.35. The monoisotopic (exact) mass is 323 g/mol. The standard InChI is InChI=1S/C20H21NO3/c1-4-11-24-18-10-9-14(13-19(18)23-3)12-16-15-7-5-6-8-17(15)21(2)20(16)22/h5-10,12-13H,4,11H2,1-3H3/b16-12+. The molecule has 1 amide bonds. The predicted octanol–water partition coefficient (Wildman–Crippen LogP) is 4.00. The molecule has 0 bridgehead atoms. The maximum absolute atomic E-state index is 12.5. The van der Waals surface area contributed by atoms with Crippen molar-refractivity contribution < 1.29 is 14.3 Å². The van der Waals surface area contributed by atoms with Crippen LogP contribution in [0.15, 0.2) is 42.5 Å². The number of benzene rings is 2. The van der Waals surface area contributed by atoms with Crippen molar-refractivity contribution in [2.24, 2.45) is 0 Å². The zero-order valence-electron chi connectivity index (χ0n) is 14.2. The van der Waals surface area contributed by atoms with Gasteiger partial charge in [-0.25, -0.2) is 0 Å². The van der Waals surface area contributed by atoms with Crippen LogP contribution >= 0.6 is 0 Å².